The van der Waals surface area contributed by atoms with Crippen molar-refractivity contribution in [3.63, 3.8) is 0 Å². The number of aryl methyl sites for hydroxylation is 1. The first-order valence-corrected chi connectivity index (χ1v) is 11.2. The van der Waals surface area contributed by atoms with Crippen LogP contribution in [0.5, 0.6) is 11.5 Å². The molecule has 0 spiro atoms. The molecule has 0 saturated heterocycles. The Morgan fingerprint density at radius 3 is 2.35 bits per heavy atom. The van der Waals surface area contributed by atoms with E-state index in [0.717, 1.165) is 22.5 Å². The minimum Gasteiger partial charge on any atom is -0.497 e. The van der Waals surface area contributed by atoms with Crippen LogP contribution in [0.4, 0.5) is 11.6 Å². The Balaban J connectivity index is 1.53. The zero-order chi connectivity index (χ0) is 22.0. The molecule has 0 aliphatic carbocycles. The van der Waals surface area contributed by atoms with Crippen LogP contribution in [0, 0.1) is 6.92 Å². The van der Waals surface area contributed by atoms with Crippen LogP contribution in [-0.4, -0.2) is 43.5 Å². The molecule has 1 aliphatic heterocycles. The summed E-state index contributed by atoms with van der Waals surface area (Å²) in [7, 11) is -0.386. The van der Waals surface area contributed by atoms with Gasteiger partial charge in [-0.3, -0.25) is 0 Å². The zero-order valence-corrected chi connectivity index (χ0v) is 18.4. The first kappa shape index (κ1) is 21.1. The third-order valence-corrected chi connectivity index (χ3v) is 7.02. The van der Waals surface area contributed by atoms with E-state index in [9.17, 15) is 8.42 Å². The minimum atomic E-state index is -3.56. The Bertz CT molecular complexity index is 1170. The standard InChI is InChI=1S/C22H24N4O4S/c1-15-4-6-20(7-5-15)31(27,28)26-9-8-21-16(14-26)13-23-22(25-21)24-17-10-18(29-2)12-19(11-17)30-3/h4-7,10-13H,8-9,14H2,1-3H3,(H,23,24,25). The van der Waals surface area contributed by atoms with Crippen LogP contribution >= 0.6 is 0 Å². The summed E-state index contributed by atoms with van der Waals surface area (Å²) in [5, 5.41) is 3.16. The molecule has 0 saturated carbocycles. The predicted octanol–water partition coefficient (Wildman–Crippen LogP) is 3.29. The van der Waals surface area contributed by atoms with Crippen molar-refractivity contribution in [1.29, 1.82) is 0 Å². The van der Waals surface area contributed by atoms with Gasteiger partial charge in [-0.1, -0.05) is 17.7 Å². The SMILES string of the molecule is COc1cc(Nc2ncc3c(n2)CCN(S(=O)(=O)c2ccc(C)cc2)C3)cc(OC)c1. The number of fused-ring (bicyclic) bond motifs is 1. The quantitative estimate of drug-likeness (QED) is 0.629. The fourth-order valence-electron chi connectivity index (χ4n) is 3.42. The van der Waals surface area contributed by atoms with Gasteiger partial charge >= 0.3 is 0 Å². The molecule has 1 aromatic heterocycles. The first-order chi connectivity index (χ1) is 14.9. The summed E-state index contributed by atoms with van der Waals surface area (Å²) < 4.78 is 38.0. The molecule has 1 N–H and O–H groups in total. The Morgan fingerprint density at radius 2 is 1.71 bits per heavy atom. The highest BCUT2D eigenvalue weighted by Gasteiger charge is 2.29. The first-order valence-electron chi connectivity index (χ1n) is 9.81. The van der Waals surface area contributed by atoms with Gasteiger partial charge in [0, 0.05) is 55.2 Å². The zero-order valence-electron chi connectivity index (χ0n) is 17.6. The van der Waals surface area contributed by atoms with Gasteiger partial charge in [-0.2, -0.15) is 4.31 Å². The molecule has 4 rings (SSSR count). The number of rotatable bonds is 6. The number of benzene rings is 2. The summed E-state index contributed by atoms with van der Waals surface area (Å²) in [5.41, 5.74) is 3.39. The van der Waals surface area contributed by atoms with E-state index in [0.29, 0.717) is 35.3 Å². The number of hydrogen-bond acceptors (Lipinski definition) is 7. The van der Waals surface area contributed by atoms with E-state index in [4.69, 9.17) is 9.47 Å². The number of nitrogens with zero attached hydrogens (tertiary/aromatic N) is 3. The van der Waals surface area contributed by atoms with Gasteiger partial charge in [0.15, 0.2) is 0 Å². The third-order valence-electron chi connectivity index (χ3n) is 5.17. The Kier molecular flexibility index (Phi) is 5.79. The smallest absolute Gasteiger partial charge is 0.243 e. The van der Waals surface area contributed by atoms with Crippen molar-refractivity contribution in [3.8, 4) is 11.5 Å². The molecule has 162 valence electrons. The van der Waals surface area contributed by atoms with Crippen molar-refractivity contribution in [2.75, 3.05) is 26.1 Å². The average Bonchev–Trinajstić information content (AvgIpc) is 2.78. The largest absolute Gasteiger partial charge is 0.497 e. The van der Waals surface area contributed by atoms with Crippen LogP contribution < -0.4 is 14.8 Å². The molecular weight excluding hydrogens is 416 g/mol. The number of nitrogens with one attached hydrogen (secondary N) is 1. The molecule has 0 radical (unpaired) electrons. The summed E-state index contributed by atoms with van der Waals surface area (Å²) in [6, 6.07) is 12.3. The molecule has 9 heteroatoms. The lowest BCUT2D eigenvalue weighted by Crippen LogP contribution is -2.36. The molecule has 3 aromatic rings. The summed E-state index contributed by atoms with van der Waals surface area (Å²) in [5.74, 6) is 1.73. The lowest BCUT2D eigenvalue weighted by molar-refractivity contribution is 0.387. The van der Waals surface area contributed by atoms with E-state index in [2.05, 4.69) is 15.3 Å². The lowest BCUT2D eigenvalue weighted by Gasteiger charge is -2.27. The van der Waals surface area contributed by atoms with Gasteiger partial charge < -0.3 is 14.8 Å². The number of hydrogen-bond donors (Lipinski definition) is 1. The Hall–Kier alpha value is -3.17. The topological polar surface area (TPSA) is 93.6 Å². The lowest BCUT2D eigenvalue weighted by atomic mass is 10.1. The number of methoxy groups -OCH3 is 2. The Morgan fingerprint density at radius 1 is 1.03 bits per heavy atom. The number of anilines is 2. The molecular formula is C22H24N4O4S. The fourth-order valence-corrected chi connectivity index (χ4v) is 4.84. The van der Waals surface area contributed by atoms with Crippen molar-refractivity contribution >= 4 is 21.7 Å². The molecule has 0 bridgehead atoms. The van der Waals surface area contributed by atoms with Crippen LogP contribution in [0.3, 0.4) is 0 Å². The molecule has 1 aliphatic rings. The summed E-state index contributed by atoms with van der Waals surface area (Å²) in [6.07, 6.45) is 2.19. The monoisotopic (exact) mass is 440 g/mol. The molecule has 31 heavy (non-hydrogen) atoms. The van der Waals surface area contributed by atoms with E-state index in [1.807, 2.05) is 19.1 Å². The van der Waals surface area contributed by atoms with Crippen LogP contribution in [0.25, 0.3) is 0 Å². The highest BCUT2D eigenvalue weighted by atomic mass is 32.2. The maximum Gasteiger partial charge on any atom is 0.243 e. The van der Waals surface area contributed by atoms with Crippen molar-refractivity contribution in [2.24, 2.45) is 0 Å². The van der Waals surface area contributed by atoms with Crippen molar-refractivity contribution in [2.45, 2.75) is 24.8 Å². The van der Waals surface area contributed by atoms with Crippen LogP contribution in [0.2, 0.25) is 0 Å². The number of aromatic nitrogens is 2. The number of ether oxygens (including phenoxy) is 2. The van der Waals surface area contributed by atoms with Crippen LogP contribution in [0.15, 0.2) is 53.6 Å². The van der Waals surface area contributed by atoms with Gasteiger partial charge in [-0.05, 0) is 19.1 Å². The maximum absolute atomic E-state index is 13.0. The van der Waals surface area contributed by atoms with Gasteiger partial charge in [-0.15, -0.1) is 0 Å². The second kappa shape index (κ2) is 8.52. The van der Waals surface area contributed by atoms with E-state index in [1.165, 1.54) is 4.31 Å². The van der Waals surface area contributed by atoms with E-state index >= 15 is 0 Å². The summed E-state index contributed by atoms with van der Waals surface area (Å²) >= 11 is 0. The number of sulfonamides is 1. The average molecular weight is 441 g/mol. The van der Waals surface area contributed by atoms with Gasteiger partial charge in [0.1, 0.15) is 11.5 Å². The fraction of sp³-hybridized carbons (Fsp3) is 0.273. The van der Waals surface area contributed by atoms with Gasteiger partial charge in [0.25, 0.3) is 0 Å². The summed E-state index contributed by atoms with van der Waals surface area (Å²) in [6.45, 7) is 2.55. The van der Waals surface area contributed by atoms with Crippen LogP contribution in [-0.2, 0) is 23.0 Å². The normalized spacial score (nSPS) is 14.0. The van der Waals surface area contributed by atoms with Crippen molar-refractivity contribution in [3.05, 3.63) is 65.5 Å². The van der Waals surface area contributed by atoms with Crippen LogP contribution in [0.1, 0.15) is 16.8 Å². The maximum atomic E-state index is 13.0. The molecule has 8 nitrogen and oxygen atoms in total. The second-order valence-electron chi connectivity index (χ2n) is 7.29. The van der Waals surface area contributed by atoms with Gasteiger partial charge in [-0.25, -0.2) is 18.4 Å². The third kappa shape index (κ3) is 4.47. The van der Waals surface area contributed by atoms with Crippen molar-refractivity contribution < 1.29 is 17.9 Å². The Labute approximate surface area is 181 Å². The van der Waals surface area contributed by atoms with E-state index in [1.54, 1.807) is 50.7 Å². The highest BCUT2D eigenvalue weighted by Crippen LogP contribution is 2.28. The molecule has 0 unspecified atom stereocenters. The van der Waals surface area contributed by atoms with Crippen molar-refractivity contribution in [1.82, 2.24) is 14.3 Å². The van der Waals surface area contributed by atoms with E-state index < -0.39 is 10.0 Å². The second-order valence-corrected chi connectivity index (χ2v) is 9.23. The predicted molar refractivity (Wildman–Crippen MR) is 117 cm³/mol. The molecule has 2 aromatic carbocycles. The van der Waals surface area contributed by atoms with Gasteiger partial charge in [0.2, 0.25) is 16.0 Å². The minimum absolute atomic E-state index is 0.249. The molecule has 0 amide bonds. The van der Waals surface area contributed by atoms with E-state index in [-0.39, 0.29) is 6.54 Å². The highest BCUT2D eigenvalue weighted by molar-refractivity contribution is 7.89. The summed E-state index contributed by atoms with van der Waals surface area (Å²) in [4.78, 5) is 9.27. The molecule has 0 fully saturated rings. The van der Waals surface area contributed by atoms with Gasteiger partial charge in [0.05, 0.1) is 24.8 Å². The molecule has 2 heterocycles. The molecule has 0 atom stereocenters.